The fourth-order valence-electron chi connectivity index (χ4n) is 3.18. The van der Waals surface area contributed by atoms with Crippen molar-refractivity contribution < 1.29 is 19.4 Å². The molecule has 1 fully saturated rings. The highest BCUT2D eigenvalue weighted by Gasteiger charge is 2.30. The summed E-state index contributed by atoms with van der Waals surface area (Å²) in [5, 5.41) is 17.7. The molecule has 2 heterocycles. The van der Waals surface area contributed by atoms with Crippen LogP contribution < -0.4 is 0 Å². The van der Waals surface area contributed by atoms with Crippen LogP contribution in [0.1, 0.15) is 35.4 Å². The van der Waals surface area contributed by atoms with Crippen molar-refractivity contribution in [1.82, 2.24) is 19.9 Å². The van der Waals surface area contributed by atoms with Crippen LogP contribution in [0, 0.1) is 6.92 Å². The van der Waals surface area contributed by atoms with Gasteiger partial charge >= 0.3 is 5.97 Å². The number of rotatable bonds is 6. The van der Waals surface area contributed by atoms with E-state index in [0.29, 0.717) is 42.5 Å². The SMILES string of the molecule is Cc1c(C(=O)N(CCC(=O)O)C2CCOCC2)nnn1-c1ccccc1Cl. The Kier molecular flexibility index (Phi) is 6.08. The van der Waals surface area contributed by atoms with Gasteiger partial charge in [-0.25, -0.2) is 4.68 Å². The first-order chi connectivity index (χ1) is 13.0. The first kappa shape index (κ1) is 19.3. The van der Waals surface area contributed by atoms with E-state index in [2.05, 4.69) is 10.3 Å². The molecule has 0 bridgehead atoms. The summed E-state index contributed by atoms with van der Waals surface area (Å²) in [7, 11) is 0. The second kappa shape index (κ2) is 8.49. The second-order valence-corrected chi connectivity index (χ2v) is 6.78. The highest BCUT2D eigenvalue weighted by Crippen LogP contribution is 2.23. The molecule has 1 saturated heterocycles. The fraction of sp³-hybridized carbons (Fsp3) is 0.444. The maximum Gasteiger partial charge on any atom is 0.305 e. The number of aliphatic carboxylic acids is 1. The summed E-state index contributed by atoms with van der Waals surface area (Å²) in [4.78, 5) is 25.8. The number of carbonyl (C=O) groups excluding carboxylic acids is 1. The highest BCUT2D eigenvalue weighted by atomic mass is 35.5. The van der Waals surface area contributed by atoms with Crippen LogP contribution >= 0.6 is 11.6 Å². The third-order valence-electron chi connectivity index (χ3n) is 4.64. The van der Waals surface area contributed by atoms with Gasteiger partial charge in [0, 0.05) is 25.8 Å². The smallest absolute Gasteiger partial charge is 0.305 e. The molecule has 2 aromatic rings. The van der Waals surface area contributed by atoms with Crippen LogP contribution in [-0.2, 0) is 9.53 Å². The maximum absolute atomic E-state index is 13.2. The Morgan fingerprint density at radius 1 is 1.33 bits per heavy atom. The second-order valence-electron chi connectivity index (χ2n) is 6.37. The lowest BCUT2D eigenvalue weighted by Crippen LogP contribution is -2.44. The number of carbonyl (C=O) groups is 2. The average Bonchev–Trinajstić information content (AvgIpc) is 3.04. The van der Waals surface area contributed by atoms with Crippen LogP contribution in [0.15, 0.2) is 24.3 Å². The van der Waals surface area contributed by atoms with Crippen molar-refractivity contribution in [3.63, 3.8) is 0 Å². The minimum atomic E-state index is -0.948. The Morgan fingerprint density at radius 3 is 2.70 bits per heavy atom. The largest absolute Gasteiger partial charge is 0.481 e. The lowest BCUT2D eigenvalue weighted by Gasteiger charge is -2.33. The number of hydrogen-bond acceptors (Lipinski definition) is 5. The molecule has 0 spiro atoms. The lowest BCUT2D eigenvalue weighted by molar-refractivity contribution is -0.137. The molecule has 0 atom stereocenters. The number of nitrogens with zero attached hydrogens (tertiary/aromatic N) is 4. The number of carboxylic acids is 1. The summed E-state index contributed by atoms with van der Waals surface area (Å²) >= 11 is 6.23. The summed E-state index contributed by atoms with van der Waals surface area (Å²) in [6, 6.07) is 7.09. The van der Waals surface area contributed by atoms with E-state index < -0.39 is 5.97 Å². The first-order valence-corrected chi connectivity index (χ1v) is 9.14. The van der Waals surface area contributed by atoms with Crippen molar-refractivity contribution in [3.8, 4) is 5.69 Å². The van der Waals surface area contributed by atoms with Crippen LogP contribution in [-0.4, -0.2) is 62.7 Å². The van der Waals surface area contributed by atoms with Gasteiger partial charge in [0.1, 0.15) is 0 Å². The molecule has 9 heteroatoms. The highest BCUT2D eigenvalue weighted by molar-refractivity contribution is 6.32. The Labute approximate surface area is 161 Å². The van der Waals surface area contributed by atoms with Crippen molar-refractivity contribution in [3.05, 3.63) is 40.7 Å². The number of benzene rings is 1. The molecule has 0 aliphatic carbocycles. The van der Waals surface area contributed by atoms with Gasteiger partial charge in [0.15, 0.2) is 5.69 Å². The van der Waals surface area contributed by atoms with Gasteiger partial charge in [-0.05, 0) is 31.9 Å². The first-order valence-electron chi connectivity index (χ1n) is 8.76. The van der Waals surface area contributed by atoms with E-state index in [1.54, 1.807) is 24.0 Å². The molecular formula is C18H21ClN4O4. The van der Waals surface area contributed by atoms with Crippen molar-refractivity contribution in [1.29, 1.82) is 0 Å². The van der Waals surface area contributed by atoms with E-state index in [0.717, 1.165) is 0 Å². The number of carboxylic acid groups (broad SMARTS) is 1. The van der Waals surface area contributed by atoms with Gasteiger partial charge in [0.2, 0.25) is 0 Å². The fourth-order valence-corrected chi connectivity index (χ4v) is 3.39. The van der Waals surface area contributed by atoms with Crippen molar-refractivity contribution in [2.75, 3.05) is 19.8 Å². The van der Waals surface area contributed by atoms with Crippen LogP contribution in [0.4, 0.5) is 0 Å². The van der Waals surface area contributed by atoms with E-state index in [-0.39, 0.29) is 30.6 Å². The van der Waals surface area contributed by atoms with Gasteiger partial charge in [0.25, 0.3) is 5.91 Å². The average molecular weight is 393 g/mol. The summed E-state index contributed by atoms with van der Waals surface area (Å²) in [6.45, 7) is 2.97. The van der Waals surface area contributed by atoms with Gasteiger partial charge in [-0.2, -0.15) is 0 Å². The Hall–Kier alpha value is -2.45. The van der Waals surface area contributed by atoms with Gasteiger partial charge in [-0.1, -0.05) is 28.9 Å². The molecule has 144 valence electrons. The molecular weight excluding hydrogens is 372 g/mol. The van der Waals surface area contributed by atoms with Crippen molar-refractivity contribution in [2.24, 2.45) is 0 Å². The monoisotopic (exact) mass is 392 g/mol. The Bertz CT molecular complexity index is 833. The topological polar surface area (TPSA) is 97.6 Å². The molecule has 3 rings (SSSR count). The van der Waals surface area contributed by atoms with E-state index in [1.807, 2.05) is 12.1 Å². The zero-order chi connectivity index (χ0) is 19.4. The Balaban J connectivity index is 1.89. The number of halogens is 1. The number of hydrogen-bond donors (Lipinski definition) is 1. The van der Waals surface area contributed by atoms with Crippen LogP contribution in [0.5, 0.6) is 0 Å². The van der Waals surface area contributed by atoms with Crippen molar-refractivity contribution in [2.45, 2.75) is 32.2 Å². The van der Waals surface area contributed by atoms with Crippen LogP contribution in [0.3, 0.4) is 0 Å². The Morgan fingerprint density at radius 2 is 2.04 bits per heavy atom. The summed E-state index contributed by atoms with van der Waals surface area (Å²) in [6.07, 6.45) is 1.22. The number of amides is 1. The van der Waals surface area contributed by atoms with Crippen molar-refractivity contribution >= 4 is 23.5 Å². The molecule has 1 N–H and O–H groups in total. The number of para-hydroxylation sites is 1. The molecule has 1 aliphatic heterocycles. The molecule has 1 aromatic carbocycles. The minimum absolute atomic E-state index is 0.0736. The van der Waals surface area contributed by atoms with Gasteiger partial charge in [0.05, 0.1) is 22.8 Å². The normalized spacial score (nSPS) is 14.9. The summed E-state index contributed by atoms with van der Waals surface area (Å²) in [5.41, 5.74) is 1.39. The summed E-state index contributed by atoms with van der Waals surface area (Å²) < 4.78 is 6.88. The van der Waals surface area contributed by atoms with Gasteiger partial charge < -0.3 is 14.7 Å². The van der Waals surface area contributed by atoms with Crippen LogP contribution in [0.25, 0.3) is 5.69 Å². The quantitative estimate of drug-likeness (QED) is 0.810. The third-order valence-corrected chi connectivity index (χ3v) is 4.96. The molecule has 8 nitrogen and oxygen atoms in total. The standard InChI is InChI=1S/C18H21ClN4O4/c1-12-17(20-21-23(12)15-5-3-2-4-14(15)19)18(26)22(9-6-16(24)25)13-7-10-27-11-8-13/h2-5,13H,6-11H2,1H3,(H,24,25). The van der Waals surface area contributed by atoms with E-state index in [9.17, 15) is 9.59 Å². The van der Waals surface area contributed by atoms with E-state index in [4.69, 9.17) is 21.4 Å². The number of ether oxygens (including phenoxy) is 1. The zero-order valence-electron chi connectivity index (χ0n) is 15.0. The molecule has 0 saturated carbocycles. The predicted octanol–water partition coefficient (Wildman–Crippen LogP) is 2.33. The zero-order valence-corrected chi connectivity index (χ0v) is 15.7. The number of aromatic nitrogens is 3. The molecule has 27 heavy (non-hydrogen) atoms. The maximum atomic E-state index is 13.2. The summed E-state index contributed by atoms with van der Waals surface area (Å²) in [5.74, 6) is -1.27. The molecule has 0 radical (unpaired) electrons. The predicted molar refractivity (Wildman–Crippen MR) is 98.2 cm³/mol. The molecule has 0 unspecified atom stereocenters. The van der Waals surface area contributed by atoms with Gasteiger partial charge in [-0.15, -0.1) is 5.10 Å². The lowest BCUT2D eigenvalue weighted by atomic mass is 10.1. The molecule has 1 aliphatic rings. The molecule has 1 aromatic heterocycles. The minimum Gasteiger partial charge on any atom is -0.481 e. The molecule has 1 amide bonds. The van der Waals surface area contributed by atoms with Crippen LogP contribution in [0.2, 0.25) is 5.02 Å². The van der Waals surface area contributed by atoms with E-state index >= 15 is 0 Å². The third kappa shape index (κ3) is 4.28. The van der Waals surface area contributed by atoms with E-state index in [1.165, 1.54) is 4.68 Å². The van der Waals surface area contributed by atoms with Gasteiger partial charge in [-0.3, -0.25) is 9.59 Å².